The van der Waals surface area contributed by atoms with Crippen LogP contribution in [0, 0.1) is 5.41 Å². The molecule has 2 saturated heterocycles. The van der Waals surface area contributed by atoms with Crippen LogP contribution >= 0.6 is 0 Å². The molecule has 2 bridgehead atoms. The molecular formula is C7H12N2O. The van der Waals surface area contributed by atoms with E-state index in [0.717, 1.165) is 19.4 Å². The maximum absolute atomic E-state index is 10.9. The average molecular weight is 140 g/mol. The van der Waals surface area contributed by atoms with Crippen molar-refractivity contribution in [2.75, 3.05) is 6.54 Å². The molecule has 3 heteroatoms. The summed E-state index contributed by atoms with van der Waals surface area (Å²) in [6.45, 7) is 3.14. The largest absolute Gasteiger partial charge is 0.368 e. The zero-order valence-corrected chi connectivity index (χ0v) is 6.11. The van der Waals surface area contributed by atoms with E-state index in [4.69, 9.17) is 5.73 Å². The lowest BCUT2D eigenvalue weighted by Crippen LogP contribution is -2.56. The lowest BCUT2D eigenvalue weighted by Gasteiger charge is -2.41. The standard InChI is InChI=1S/C7H12N2O/c1-6-2-7(3-6,5(8)10)9-4-6/h9H,2-4H2,1H3,(H2,8,10). The van der Waals surface area contributed by atoms with Crippen LogP contribution in [0.2, 0.25) is 0 Å². The Labute approximate surface area is 60.0 Å². The van der Waals surface area contributed by atoms with Gasteiger partial charge in [0.25, 0.3) is 0 Å². The minimum absolute atomic E-state index is 0.178. The molecule has 3 N–H and O–H groups in total. The Balaban J connectivity index is 2.20. The third kappa shape index (κ3) is 0.515. The maximum atomic E-state index is 10.9. The maximum Gasteiger partial charge on any atom is 0.237 e. The van der Waals surface area contributed by atoms with Gasteiger partial charge in [0, 0.05) is 6.54 Å². The van der Waals surface area contributed by atoms with Crippen LogP contribution in [0.3, 0.4) is 0 Å². The molecule has 3 nitrogen and oxygen atoms in total. The van der Waals surface area contributed by atoms with Crippen molar-refractivity contribution in [3.05, 3.63) is 0 Å². The van der Waals surface area contributed by atoms with Gasteiger partial charge in [0.1, 0.15) is 0 Å². The van der Waals surface area contributed by atoms with Gasteiger partial charge in [-0.15, -0.1) is 0 Å². The molecule has 0 unspecified atom stereocenters. The third-order valence-corrected chi connectivity index (χ3v) is 2.78. The summed E-state index contributed by atoms with van der Waals surface area (Å²) in [6.07, 6.45) is 1.88. The summed E-state index contributed by atoms with van der Waals surface area (Å²) in [7, 11) is 0. The Hall–Kier alpha value is -0.570. The van der Waals surface area contributed by atoms with Gasteiger partial charge in [0.2, 0.25) is 5.91 Å². The number of amides is 1. The summed E-state index contributed by atoms with van der Waals surface area (Å²) in [6, 6.07) is 0. The number of hydrogen-bond donors (Lipinski definition) is 2. The first-order valence-electron chi connectivity index (χ1n) is 3.61. The predicted octanol–water partition coefficient (Wildman–Crippen LogP) is -0.386. The SMILES string of the molecule is CC12CNC(C(N)=O)(C1)C2. The molecule has 2 aliphatic heterocycles. The zero-order chi connectivity index (χ0) is 7.41. The summed E-state index contributed by atoms with van der Waals surface area (Å²) in [4.78, 5) is 10.9. The number of nitrogens with one attached hydrogen (secondary N) is 1. The molecule has 0 aromatic carbocycles. The minimum atomic E-state index is -0.311. The van der Waals surface area contributed by atoms with Crippen molar-refractivity contribution in [1.82, 2.24) is 5.32 Å². The number of nitrogens with two attached hydrogens (primary N) is 1. The smallest absolute Gasteiger partial charge is 0.237 e. The molecule has 3 rings (SSSR count). The van der Waals surface area contributed by atoms with Gasteiger partial charge >= 0.3 is 0 Å². The number of rotatable bonds is 1. The van der Waals surface area contributed by atoms with E-state index in [9.17, 15) is 4.79 Å². The van der Waals surface area contributed by atoms with Crippen LogP contribution in [0.1, 0.15) is 19.8 Å². The number of hydrogen-bond acceptors (Lipinski definition) is 2. The Morgan fingerprint density at radius 3 is 2.40 bits per heavy atom. The second kappa shape index (κ2) is 1.37. The molecule has 0 aromatic heterocycles. The van der Waals surface area contributed by atoms with E-state index in [1.807, 2.05) is 0 Å². The van der Waals surface area contributed by atoms with Crippen LogP contribution in [0.15, 0.2) is 0 Å². The van der Waals surface area contributed by atoms with Crippen LogP contribution in [0.4, 0.5) is 0 Å². The third-order valence-electron chi connectivity index (χ3n) is 2.78. The molecule has 0 atom stereocenters. The fraction of sp³-hybridized carbons (Fsp3) is 0.857. The van der Waals surface area contributed by atoms with Gasteiger partial charge in [-0.2, -0.15) is 0 Å². The van der Waals surface area contributed by atoms with E-state index in [1.165, 1.54) is 0 Å². The second-order valence-corrected chi connectivity index (χ2v) is 3.96. The number of carbonyl (C=O) groups excluding carboxylic acids is 1. The summed E-state index contributed by atoms with van der Waals surface area (Å²) in [5.41, 5.74) is 5.29. The summed E-state index contributed by atoms with van der Waals surface area (Å²) in [5.74, 6) is -0.178. The van der Waals surface area contributed by atoms with Crippen molar-refractivity contribution in [2.24, 2.45) is 11.1 Å². The Kier molecular flexibility index (Phi) is 0.844. The molecule has 10 heavy (non-hydrogen) atoms. The van der Waals surface area contributed by atoms with Crippen molar-refractivity contribution in [1.29, 1.82) is 0 Å². The zero-order valence-electron chi connectivity index (χ0n) is 6.11. The van der Waals surface area contributed by atoms with E-state index in [0.29, 0.717) is 5.41 Å². The average Bonchev–Trinajstić information content (AvgIpc) is 2.19. The number of fused-ring (bicyclic) bond motifs is 1. The predicted molar refractivity (Wildman–Crippen MR) is 37.3 cm³/mol. The molecule has 2 heterocycles. The Morgan fingerprint density at radius 2 is 2.20 bits per heavy atom. The molecule has 1 amide bonds. The van der Waals surface area contributed by atoms with Gasteiger partial charge in [-0.25, -0.2) is 0 Å². The number of carbonyl (C=O) groups is 1. The first kappa shape index (κ1) is 6.16. The minimum Gasteiger partial charge on any atom is -0.368 e. The molecule has 1 saturated carbocycles. The normalized spacial score (nSPS) is 50.5. The molecule has 0 aromatic rings. The highest BCUT2D eigenvalue weighted by Crippen LogP contribution is 2.53. The molecule has 1 aliphatic carbocycles. The van der Waals surface area contributed by atoms with Crippen molar-refractivity contribution < 1.29 is 4.79 Å². The van der Waals surface area contributed by atoms with Gasteiger partial charge in [-0.3, -0.25) is 4.79 Å². The summed E-state index contributed by atoms with van der Waals surface area (Å²) < 4.78 is 0. The second-order valence-electron chi connectivity index (χ2n) is 3.96. The van der Waals surface area contributed by atoms with Crippen molar-refractivity contribution in [3.63, 3.8) is 0 Å². The molecule has 3 aliphatic rings. The molecule has 0 radical (unpaired) electrons. The van der Waals surface area contributed by atoms with Gasteiger partial charge < -0.3 is 11.1 Å². The fourth-order valence-electron chi connectivity index (χ4n) is 2.30. The van der Waals surface area contributed by atoms with E-state index in [-0.39, 0.29) is 11.4 Å². The first-order chi connectivity index (χ1) is 4.56. The summed E-state index contributed by atoms with van der Waals surface area (Å²) >= 11 is 0. The van der Waals surface area contributed by atoms with E-state index in [2.05, 4.69) is 12.2 Å². The lowest BCUT2D eigenvalue weighted by molar-refractivity contribution is -0.127. The fourth-order valence-corrected chi connectivity index (χ4v) is 2.30. The quantitative estimate of drug-likeness (QED) is 0.521. The molecule has 3 fully saturated rings. The molecule has 56 valence electrons. The Morgan fingerprint density at radius 1 is 1.60 bits per heavy atom. The Bertz CT molecular complexity index is 194. The van der Waals surface area contributed by atoms with Crippen LogP contribution in [0.5, 0.6) is 0 Å². The van der Waals surface area contributed by atoms with Crippen LogP contribution in [-0.4, -0.2) is 18.0 Å². The van der Waals surface area contributed by atoms with Gasteiger partial charge in [-0.05, 0) is 18.3 Å². The summed E-state index contributed by atoms with van der Waals surface area (Å²) in [5, 5.41) is 3.17. The topological polar surface area (TPSA) is 55.1 Å². The van der Waals surface area contributed by atoms with Crippen molar-refractivity contribution >= 4 is 5.91 Å². The van der Waals surface area contributed by atoms with Crippen LogP contribution < -0.4 is 11.1 Å². The van der Waals surface area contributed by atoms with Gasteiger partial charge in [0.15, 0.2) is 0 Å². The van der Waals surface area contributed by atoms with Crippen molar-refractivity contribution in [3.8, 4) is 0 Å². The van der Waals surface area contributed by atoms with E-state index < -0.39 is 0 Å². The van der Waals surface area contributed by atoms with E-state index in [1.54, 1.807) is 0 Å². The molecular weight excluding hydrogens is 128 g/mol. The van der Waals surface area contributed by atoms with Crippen LogP contribution in [-0.2, 0) is 4.79 Å². The number of primary amides is 1. The highest BCUT2D eigenvalue weighted by Gasteiger charge is 2.61. The highest BCUT2D eigenvalue weighted by molar-refractivity contribution is 5.87. The van der Waals surface area contributed by atoms with Crippen LogP contribution in [0.25, 0.3) is 0 Å². The monoisotopic (exact) mass is 140 g/mol. The van der Waals surface area contributed by atoms with Gasteiger partial charge in [0.05, 0.1) is 5.54 Å². The van der Waals surface area contributed by atoms with Crippen molar-refractivity contribution in [2.45, 2.75) is 25.3 Å². The lowest BCUT2D eigenvalue weighted by atomic mass is 9.63. The van der Waals surface area contributed by atoms with Gasteiger partial charge in [-0.1, -0.05) is 6.92 Å². The molecule has 0 spiro atoms. The van der Waals surface area contributed by atoms with E-state index >= 15 is 0 Å². The first-order valence-corrected chi connectivity index (χ1v) is 3.61. The highest BCUT2D eigenvalue weighted by atomic mass is 16.1.